The Morgan fingerprint density at radius 2 is 2.27 bits per heavy atom. The maximum absolute atomic E-state index is 12.1. The lowest BCUT2D eigenvalue weighted by Gasteiger charge is -1.99. The van der Waals surface area contributed by atoms with E-state index < -0.39 is 6.67 Å². The molecule has 2 nitrogen and oxygen atoms in total. The highest BCUT2D eigenvalue weighted by molar-refractivity contribution is 5.78. The average Bonchev–Trinajstić information content (AvgIpc) is 2.04. The van der Waals surface area contributed by atoms with Crippen LogP contribution in [-0.4, -0.2) is 6.29 Å². The van der Waals surface area contributed by atoms with Gasteiger partial charge in [-0.15, -0.1) is 0 Å². The molecule has 0 aliphatic carbocycles. The molecule has 1 aromatic rings. The highest BCUT2D eigenvalue weighted by Crippen LogP contribution is 2.12. The zero-order chi connectivity index (χ0) is 8.27. The first-order valence-electron chi connectivity index (χ1n) is 3.17. The Hall–Kier alpha value is -1.38. The first-order valence-corrected chi connectivity index (χ1v) is 3.17. The van der Waals surface area contributed by atoms with Gasteiger partial charge in [-0.2, -0.15) is 0 Å². The van der Waals surface area contributed by atoms with Crippen molar-refractivity contribution >= 4 is 12.0 Å². The summed E-state index contributed by atoms with van der Waals surface area (Å²) < 4.78 is 12.1. The van der Waals surface area contributed by atoms with Crippen LogP contribution in [-0.2, 0) is 6.67 Å². The van der Waals surface area contributed by atoms with Crippen LogP contribution in [0.25, 0.3) is 0 Å². The number of alkyl halides is 1. The first kappa shape index (κ1) is 7.72. The molecular weight excluding hydrogens is 145 g/mol. The van der Waals surface area contributed by atoms with Gasteiger partial charge in [0.05, 0.1) is 0 Å². The summed E-state index contributed by atoms with van der Waals surface area (Å²) >= 11 is 0. The number of anilines is 1. The van der Waals surface area contributed by atoms with Gasteiger partial charge in [-0.3, -0.25) is 4.79 Å². The standard InChI is InChI=1S/C8H8FNO/c9-4-7-3-8(10)2-1-6(7)5-11/h1-3,5H,4,10H2. The average molecular weight is 153 g/mol. The zero-order valence-corrected chi connectivity index (χ0v) is 5.88. The van der Waals surface area contributed by atoms with Crippen LogP contribution in [0, 0.1) is 0 Å². The Kier molecular flexibility index (Phi) is 2.21. The van der Waals surface area contributed by atoms with Gasteiger partial charge in [0.15, 0.2) is 0 Å². The summed E-state index contributed by atoms with van der Waals surface area (Å²) in [6, 6.07) is 4.55. The van der Waals surface area contributed by atoms with Crippen molar-refractivity contribution in [1.82, 2.24) is 0 Å². The molecular formula is C8H8FNO. The number of nitrogen functional groups attached to an aromatic ring is 1. The molecule has 0 unspecified atom stereocenters. The summed E-state index contributed by atoms with van der Waals surface area (Å²) in [5.74, 6) is 0. The van der Waals surface area contributed by atoms with E-state index in [2.05, 4.69) is 0 Å². The van der Waals surface area contributed by atoms with Crippen molar-refractivity contribution in [2.75, 3.05) is 5.73 Å². The van der Waals surface area contributed by atoms with E-state index in [9.17, 15) is 9.18 Å². The highest BCUT2D eigenvalue weighted by atomic mass is 19.1. The van der Waals surface area contributed by atoms with E-state index in [1.54, 1.807) is 6.07 Å². The second kappa shape index (κ2) is 3.14. The minimum absolute atomic E-state index is 0.347. The number of carbonyl (C=O) groups excluding carboxylic acids is 1. The van der Waals surface area contributed by atoms with Gasteiger partial charge >= 0.3 is 0 Å². The Bertz CT molecular complexity index is 273. The van der Waals surface area contributed by atoms with Gasteiger partial charge in [-0.1, -0.05) is 0 Å². The van der Waals surface area contributed by atoms with Crippen molar-refractivity contribution in [3.05, 3.63) is 29.3 Å². The molecule has 58 valence electrons. The molecule has 0 saturated heterocycles. The van der Waals surface area contributed by atoms with Crippen LogP contribution in [0.4, 0.5) is 10.1 Å². The van der Waals surface area contributed by atoms with Crippen LogP contribution < -0.4 is 5.73 Å². The van der Waals surface area contributed by atoms with Gasteiger partial charge < -0.3 is 5.73 Å². The summed E-state index contributed by atoms with van der Waals surface area (Å²) in [4.78, 5) is 10.3. The molecule has 0 bridgehead atoms. The third-order valence-electron chi connectivity index (χ3n) is 1.44. The third-order valence-corrected chi connectivity index (χ3v) is 1.44. The summed E-state index contributed by atoms with van der Waals surface area (Å²) in [7, 11) is 0. The molecule has 0 aliphatic heterocycles. The van der Waals surface area contributed by atoms with Crippen molar-refractivity contribution in [1.29, 1.82) is 0 Å². The SMILES string of the molecule is Nc1ccc(C=O)c(CF)c1. The Morgan fingerprint density at radius 3 is 2.82 bits per heavy atom. The quantitative estimate of drug-likeness (QED) is 0.517. The maximum atomic E-state index is 12.1. The van der Waals surface area contributed by atoms with E-state index in [0.717, 1.165) is 0 Å². The molecule has 0 radical (unpaired) electrons. The first-order chi connectivity index (χ1) is 5.27. The molecule has 0 saturated carbocycles. The molecule has 0 aromatic heterocycles. The highest BCUT2D eigenvalue weighted by Gasteiger charge is 2.00. The lowest BCUT2D eigenvalue weighted by Crippen LogP contribution is -1.92. The molecule has 11 heavy (non-hydrogen) atoms. The molecule has 3 heteroatoms. The topological polar surface area (TPSA) is 43.1 Å². The smallest absolute Gasteiger partial charge is 0.150 e. The van der Waals surface area contributed by atoms with Crippen LogP contribution in [0.1, 0.15) is 15.9 Å². The van der Waals surface area contributed by atoms with E-state index in [0.29, 0.717) is 23.1 Å². The summed E-state index contributed by atoms with van der Waals surface area (Å²) in [6.45, 7) is -0.654. The molecule has 1 aromatic carbocycles. The second-order valence-electron chi connectivity index (χ2n) is 2.21. The number of aldehydes is 1. The molecule has 0 atom stereocenters. The second-order valence-corrected chi connectivity index (χ2v) is 2.21. The molecule has 0 aliphatic rings. The van der Waals surface area contributed by atoms with Gasteiger partial charge in [0.25, 0.3) is 0 Å². The third kappa shape index (κ3) is 1.55. The Labute approximate surface area is 63.8 Å². The molecule has 2 N–H and O–H groups in total. The number of halogens is 1. The number of carbonyl (C=O) groups is 1. The van der Waals surface area contributed by atoms with Crippen molar-refractivity contribution in [2.45, 2.75) is 6.67 Å². The van der Waals surface area contributed by atoms with Crippen molar-refractivity contribution in [3.63, 3.8) is 0 Å². The van der Waals surface area contributed by atoms with E-state index in [1.807, 2.05) is 0 Å². The van der Waals surface area contributed by atoms with Crippen molar-refractivity contribution < 1.29 is 9.18 Å². The fourth-order valence-corrected chi connectivity index (χ4v) is 0.856. The summed E-state index contributed by atoms with van der Waals surface area (Å²) in [5.41, 5.74) is 6.56. The van der Waals surface area contributed by atoms with Gasteiger partial charge in [0.1, 0.15) is 13.0 Å². The number of rotatable bonds is 2. The van der Waals surface area contributed by atoms with Crippen LogP contribution in [0.2, 0.25) is 0 Å². The van der Waals surface area contributed by atoms with Crippen LogP contribution in [0.3, 0.4) is 0 Å². The van der Waals surface area contributed by atoms with E-state index >= 15 is 0 Å². The van der Waals surface area contributed by atoms with Crippen molar-refractivity contribution in [2.24, 2.45) is 0 Å². The molecule has 1 rings (SSSR count). The monoisotopic (exact) mass is 153 g/mol. The van der Waals surface area contributed by atoms with Crippen LogP contribution in [0.15, 0.2) is 18.2 Å². The normalized spacial score (nSPS) is 9.55. The predicted molar refractivity (Wildman–Crippen MR) is 41.1 cm³/mol. The van der Waals surface area contributed by atoms with E-state index in [-0.39, 0.29) is 0 Å². The lowest BCUT2D eigenvalue weighted by molar-refractivity contribution is 0.112. The number of hydrogen-bond acceptors (Lipinski definition) is 2. The number of nitrogens with two attached hydrogens (primary N) is 1. The largest absolute Gasteiger partial charge is 0.399 e. The lowest BCUT2D eigenvalue weighted by atomic mass is 10.1. The fraction of sp³-hybridized carbons (Fsp3) is 0.125. The zero-order valence-electron chi connectivity index (χ0n) is 5.88. The Balaban J connectivity index is 3.16. The molecule has 0 spiro atoms. The summed E-state index contributed by atoms with van der Waals surface area (Å²) in [6.07, 6.45) is 0.619. The minimum Gasteiger partial charge on any atom is -0.399 e. The van der Waals surface area contributed by atoms with Crippen LogP contribution in [0.5, 0.6) is 0 Å². The molecule has 0 amide bonds. The summed E-state index contributed by atoms with van der Waals surface area (Å²) in [5, 5.41) is 0. The minimum atomic E-state index is -0.654. The van der Waals surface area contributed by atoms with Gasteiger partial charge in [-0.05, 0) is 23.8 Å². The number of benzene rings is 1. The van der Waals surface area contributed by atoms with Gasteiger partial charge in [0, 0.05) is 11.3 Å². The van der Waals surface area contributed by atoms with E-state index in [4.69, 9.17) is 5.73 Å². The predicted octanol–water partition coefficient (Wildman–Crippen LogP) is 1.55. The molecule has 0 fully saturated rings. The van der Waals surface area contributed by atoms with Gasteiger partial charge in [0.2, 0.25) is 0 Å². The molecule has 0 heterocycles. The van der Waals surface area contributed by atoms with Gasteiger partial charge in [-0.25, -0.2) is 4.39 Å². The van der Waals surface area contributed by atoms with Crippen molar-refractivity contribution in [3.8, 4) is 0 Å². The van der Waals surface area contributed by atoms with E-state index in [1.165, 1.54) is 12.1 Å². The number of hydrogen-bond donors (Lipinski definition) is 1. The maximum Gasteiger partial charge on any atom is 0.150 e. The van der Waals surface area contributed by atoms with Crippen LogP contribution >= 0.6 is 0 Å². The fourth-order valence-electron chi connectivity index (χ4n) is 0.856. The Morgan fingerprint density at radius 1 is 1.55 bits per heavy atom.